The highest BCUT2D eigenvalue weighted by Crippen LogP contribution is 2.25. The summed E-state index contributed by atoms with van der Waals surface area (Å²) in [7, 11) is 0. The summed E-state index contributed by atoms with van der Waals surface area (Å²) >= 11 is 7.48. The van der Waals surface area contributed by atoms with Crippen molar-refractivity contribution in [2.24, 2.45) is 5.73 Å². The number of aromatic nitrogens is 1. The molecule has 0 aliphatic heterocycles. The van der Waals surface area contributed by atoms with Crippen molar-refractivity contribution in [1.29, 1.82) is 0 Å². The molecule has 6 nitrogen and oxygen atoms in total. The van der Waals surface area contributed by atoms with Gasteiger partial charge in [0.25, 0.3) is 0 Å². The standard InChI is InChI=1S/C20H19ClN4O2S/c1-12-23-18(11-28-12)14-3-2-4-16(9-14)24-19(26)10-17(25-20(22)27)13-5-7-15(21)8-6-13/h2-9,11,17H,10H2,1H3,(H,24,26)(H3,22,25,27). The number of carbonyl (C=O) groups excluding carboxylic acids is 2. The first-order chi connectivity index (χ1) is 13.4. The van der Waals surface area contributed by atoms with E-state index >= 15 is 0 Å². The van der Waals surface area contributed by atoms with E-state index in [1.165, 1.54) is 0 Å². The summed E-state index contributed by atoms with van der Waals surface area (Å²) in [5.74, 6) is -0.250. The molecule has 0 aliphatic carbocycles. The average molecular weight is 415 g/mol. The second kappa shape index (κ2) is 8.86. The van der Waals surface area contributed by atoms with Crippen LogP contribution in [0.15, 0.2) is 53.9 Å². The molecule has 3 amide bonds. The quantitative estimate of drug-likeness (QED) is 0.553. The van der Waals surface area contributed by atoms with Crippen molar-refractivity contribution < 1.29 is 9.59 Å². The highest BCUT2D eigenvalue weighted by molar-refractivity contribution is 7.09. The Bertz CT molecular complexity index is 988. The Kier molecular flexibility index (Phi) is 6.28. The van der Waals surface area contributed by atoms with E-state index < -0.39 is 12.1 Å². The van der Waals surface area contributed by atoms with Crippen molar-refractivity contribution in [3.63, 3.8) is 0 Å². The summed E-state index contributed by atoms with van der Waals surface area (Å²) < 4.78 is 0. The van der Waals surface area contributed by atoms with Gasteiger partial charge in [-0.1, -0.05) is 35.9 Å². The number of anilines is 1. The third-order valence-electron chi connectivity index (χ3n) is 4.04. The van der Waals surface area contributed by atoms with Crippen LogP contribution in [0.2, 0.25) is 5.02 Å². The largest absolute Gasteiger partial charge is 0.352 e. The maximum absolute atomic E-state index is 12.6. The van der Waals surface area contributed by atoms with E-state index in [2.05, 4.69) is 15.6 Å². The van der Waals surface area contributed by atoms with Crippen LogP contribution in [0, 0.1) is 6.92 Å². The van der Waals surface area contributed by atoms with Gasteiger partial charge >= 0.3 is 6.03 Å². The van der Waals surface area contributed by atoms with E-state index in [0.717, 1.165) is 21.8 Å². The molecular weight excluding hydrogens is 396 g/mol. The number of halogens is 1. The van der Waals surface area contributed by atoms with Crippen LogP contribution in [0.5, 0.6) is 0 Å². The van der Waals surface area contributed by atoms with Gasteiger partial charge in [-0.3, -0.25) is 4.79 Å². The van der Waals surface area contributed by atoms with Crippen molar-refractivity contribution in [2.75, 3.05) is 5.32 Å². The van der Waals surface area contributed by atoms with E-state index in [-0.39, 0.29) is 12.3 Å². The van der Waals surface area contributed by atoms with Crippen LogP contribution in [-0.4, -0.2) is 16.9 Å². The Hall–Kier alpha value is -2.90. The minimum Gasteiger partial charge on any atom is -0.352 e. The van der Waals surface area contributed by atoms with Crippen LogP contribution in [0.4, 0.5) is 10.5 Å². The lowest BCUT2D eigenvalue weighted by Gasteiger charge is -2.18. The van der Waals surface area contributed by atoms with E-state index in [9.17, 15) is 9.59 Å². The van der Waals surface area contributed by atoms with Gasteiger partial charge in [-0.2, -0.15) is 0 Å². The minimum absolute atomic E-state index is 0.0324. The molecule has 1 unspecified atom stereocenters. The molecule has 0 bridgehead atoms. The first-order valence-electron chi connectivity index (χ1n) is 8.54. The molecule has 144 valence electrons. The lowest BCUT2D eigenvalue weighted by Crippen LogP contribution is -2.35. The Morgan fingerprint density at radius 1 is 1.21 bits per heavy atom. The number of primary amides is 1. The number of carbonyl (C=O) groups is 2. The van der Waals surface area contributed by atoms with Crippen LogP contribution in [0.1, 0.15) is 23.0 Å². The van der Waals surface area contributed by atoms with Crippen LogP contribution >= 0.6 is 22.9 Å². The zero-order valence-electron chi connectivity index (χ0n) is 15.1. The van der Waals surface area contributed by atoms with Gasteiger partial charge in [0.1, 0.15) is 0 Å². The molecule has 28 heavy (non-hydrogen) atoms. The molecule has 1 atom stereocenters. The molecule has 0 saturated heterocycles. The van der Waals surface area contributed by atoms with Gasteiger partial charge in [0.05, 0.1) is 23.2 Å². The maximum Gasteiger partial charge on any atom is 0.312 e. The molecule has 1 aromatic heterocycles. The number of urea groups is 1. The van der Waals surface area contributed by atoms with Gasteiger partial charge < -0.3 is 16.4 Å². The molecule has 3 rings (SSSR count). The lowest BCUT2D eigenvalue weighted by molar-refractivity contribution is -0.116. The first-order valence-corrected chi connectivity index (χ1v) is 9.80. The fourth-order valence-corrected chi connectivity index (χ4v) is 3.52. The smallest absolute Gasteiger partial charge is 0.312 e. The number of hydrogen-bond donors (Lipinski definition) is 3. The predicted molar refractivity (Wildman–Crippen MR) is 112 cm³/mol. The Morgan fingerprint density at radius 2 is 1.96 bits per heavy atom. The van der Waals surface area contributed by atoms with Gasteiger partial charge in [-0.15, -0.1) is 11.3 Å². The molecule has 4 N–H and O–H groups in total. The van der Waals surface area contributed by atoms with Gasteiger partial charge in [0.2, 0.25) is 5.91 Å². The molecule has 2 aromatic carbocycles. The van der Waals surface area contributed by atoms with Gasteiger partial charge in [0, 0.05) is 21.7 Å². The summed E-state index contributed by atoms with van der Waals surface area (Å²) in [5, 5.41) is 8.99. The molecule has 0 fully saturated rings. The third-order valence-corrected chi connectivity index (χ3v) is 5.06. The lowest BCUT2D eigenvalue weighted by atomic mass is 10.0. The van der Waals surface area contributed by atoms with Crippen LogP contribution < -0.4 is 16.4 Å². The van der Waals surface area contributed by atoms with Crippen molar-refractivity contribution in [2.45, 2.75) is 19.4 Å². The highest BCUT2D eigenvalue weighted by Gasteiger charge is 2.18. The highest BCUT2D eigenvalue weighted by atomic mass is 35.5. The summed E-state index contributed by atoms with van der Waals surface area (Å²) in [5.41, 5.74) is 8.45. The summed E-state index contributed by atoms with van der Waals surface area (Å²) in [6.07, 6.45) is 0.0324. The predicted octanol–water partition coefficient (Wildman–Crippen LogP) is 4.51. The number of nitrogens with one attached hydrogen (secondary N) is 2. The van der Waals surface area contributed by atoms with Crippen molar-refractivity contribution in [3.8, 4) is 11.3 Å². The average Bonchev–Trinajstić information content (AvgIpc) is 3.08. The zero-order valence-corrected chi connectivity index (χ0v) is 16.7. The summed E-state index contributed by atoms with van der Waals surface area (Å²) in [6, 6.07) is 13.1. The number of amides is 3. The van der Waals surface area contributed by atoms with Crippen molar-refractivity contribution in [3.05, 3.63) is 69.5 Å². The van der Waals surface area contributed by atoms with Crippen LogP contribution in [-0.2, 0) is 4.79 Å². The number of thiazole rings is 1. The number of hydrogen-bond acceptors (Lipinski definition) is 4. The number of aryl methyl sites for hydroxylation is 1. The van der Waals surface area contributed by atoms with Gasteiger partial charge in [-0.05, 0) is 36.8 Å². The van der Waals surface area contributed by atoms with Gasteiger partial charge in [-0.25, -0.2) is 9.78 Å². The number of nitrogens with zero attached hydrogens (tertiary/aromatic N) is 1. The zero-order chi connectivity index (χ0) is 20.1. The fourth-order valence-electron chi connectivity index (χ4n) is 2.77. The van der Waals surface area contributed by atoms with E-state index in [0.29, 0.717) is 10.7 Å². The first kappa shape index (κ1) is 19.9. The van der Waals surface area contributed by atoms with Crippen molar-refractivity contribution >= 4 is 40.6 Å². The second-order valence-corrected chi connectivity index (χ2v) is 7.70. The fraction of sp³-hybridized carbons (Fsp3) is 0.150. The molecule has 0 radical (unpaired) electrons. The molecule has 0 saturated carbocycles. The molecule has 3 aromatic rings. The van der Waals surface area contributed by atoms with E-state index in [1.807, 2.05) is 30.5 Å². The SMILES string of the molecule is Cc1nc(-c2cccc(NC(=O)CC(NC(N)=O)c3ccc(Cl)cc3)c2)cs1. The third kappa shape index (κ3) is 5.31. The minimum atomic E-state index is -0.700. The van der Waals surface area contributed by atoms with Crippen molar-refractivity contribution in [1.82, 2.24) is 10.3 Å². The van der Waals surface area contributed by atoms with Crippen LogP contribution in [0.3, 0.4) is 0 Å². The van der Waals surface area contributed by atoms with E-state index in [4.69, 9.17) is 17.3 Å². The second-order valence-electron chi connectivity index (χ2n) is 6.20. The van der Waals surface area contributed by atoms with Crippen LogP contribution in [0.25, 0.3) is 11.3 Å². The Balaban J connectivity index is 1.72. The molecule has 0 aliphatic rings. The molecule has 1 heterocycles. The number of rotatable bonds is 6. The topological polar surface area (TPSA) is 97.1 Å². The number of benzene rings is 2. The Labute approximate surface area is 171 Å². The van der Waals surface area contributed by atoms with Gasteiger partial charge in [0.15, 0.2) is 0 Å². The monoisotopic (exact) mass is 414 g/mol. The molecular formula is C20H19ClN4O2S. The maximum atomic E-state index is 12.6. The van der Waals surface area contributed by atoms with E-state index in [1.54, 1.807) is 41.7 Å². The Morgan fingerprint density at radius 3 is 2.61 bits per heavy atom. The summed E-state index contributed by atoms with van der Waals surface area (Å²) in [6.45, 7) is 1.95. The molecule has 0 spiro atoms. The molecule has 8 heteroatoms. The summed E-state index contributed by atoms with van der Waals surface area (Å²) in [4.78, 5) is 28.4. The number of nitrogens with two attached hydrogens (primary N) is 1. The normalized spacial score (nSPS) is 11.6.